The van der Waals surface area contributed by atoms with Gasteiger partial charge in [0.15, 0.2) is 0 Å². The second kappa shape index (κ2) is 4.86. The summed E-state index contributed by atoms with van der Waals surface area (Å²) in [5.41, 5.74) is 0.938. The fourth-order valence-corrected chi connectivity index (χ4v) is 2.47. The molecule has 1 aromatic carbocycles. The molecule has 0 aliphatic heterocycles. The Morgan fingerprint density at radius 3 is 2.83 bits per heavy atom. The molecule has 1 fully saturated rings. The van der Waals surface area contributed by atoms with E-state index in [9.17, 15) is 10.1 Å². The van der Waals surface area contributed by atoms with Crippen LogP contribution in [0.3, 0.4) is 0 Å². The number of nitro benzene ring substituents is 1. The van der Waals surface area contributed by atoms with Gasteiger partial charge in [-0.3, -0.25) is 10.1 Å². The minimum absolute atomic E-state index is 0.0527. The van der Waals surface area contributed by atoms with E-state index in [1.54, 1.807) is 6.07 Å². The number of anilines is 1. The molecule has 0 amide bonds. The van der Waals surface area contributed by atoms with Crippen LogP contribution in [0.15, 0.2) is 18.2 Å². The summed E-state index contributed by atoms with van der Waals surface area (Å²) in [7, 11) is 0. The number of rotatable bonds is 5. The van der Waals surface area contributed by atoms with Gasteiger partial charge in [-0.1, -0.05) is 0 Å². The SMILES string of the molecule is CSC1(CNc2ccc([N+](=O)[O-])cc2C#N)CC1. The lowest BCUT2D eigenvalue weighted by atomic mass is 10.1. The first-order chi connectivity index (χ1) is 8.60. The molecule has 1 aromatic rings. The Balaban J connectivity index is 2.13. The van der Waals surface area contributed by atoms with Crippen molar-refractivity contribution in [3.8, 4) is 6.07 Å². The van der Waals surface area contributed by atoms with Crippen LogP contribution in [-0.2, 0) is 0 Å². The van der Waals surface area contributed by atoms with Gasteiger partial charge in [0.1, 0.15) is 6.07 Å². The quantitative estimate of drug-likeness (QED) is 0.652. The summed E-state index contributed by atoms with van der Waals surface area (Å²) in [5, 5.41) is 22.9. The Morgan fingerprint density at radius 2 is 2.33 bits per heavy atom. The van der Waals surface area contributed by atoms with E-state index in [-0.39, 0.29) is 10.4 Å². The van der Waals surface area contributed by atoms with E-state index in [1.165, 1.54) is 25.0 Å². The molecular formula is C12H13N3O2S. The van der Waals surface area contributed by atoms with Crippen molar-refractivity contribution in [3.63, 3.8) is 0 Å². The molecular weight excluding hydrogens is 250 g/mol. The Bertz CT molecular complexity index is 521. The van der Waals surface area contributed by atoms with Gasteiger partial charge in [-0.15, -0.1) is 0 Å². The summed E-state index contributed by atoms with van der Waals surface area (Å²) in [5.74, 6) is 0. The van der Waals surface area contributed by atoms with Crippen LogP contribution in [-0.4, -0.2) is 22.5 Å². The largest absolute Gasteiger partial charge is 0.383 e. The van der Waals surface area contributed by atoms with Gasteiger partial charge in [0, 0.05) is 23.4 Å². The molecule has 0 radical (unpaired) electrons. The summed E-state index contributed by atoms with van der Waals surface area (Å²) in [4.78, 5) is 10.1. The average molecular weight is 263 g/mol. The van der Waals surface area contributed by atoms with E-state index in [0.29, 0.717) is 11.3 Å². The smallest absolute Gasteiger partial charge is 0.270 e. The molecule has 1 aliphatic carbocycles. The van der Waals surface area contributed by atoms with Crippen LogP contribution in [0, 0.1) is 21.4 Å². The molecule has 0 saturated heterocycles. The maximum Gasteiger partial charge on any atom is 0.270 e. The zero-order valence-corrected chi connectivity index (χ0v) is 10.8. The number of benzene rings is 1. The zero-order chi connectivity index (χ0) is 13.2. The molecule has 6 heteroatoms. The predicted molar refractivity (Wildman–Crippen MR) is 71.8 cm³/mol. The van der Waals surface area contributed by atoms with Gasteiger partial charge in [0.25, 0.3) is 5.69 Å². The highest BCUT2D eigenvalue weighted by molar-refractivity contribution is 8.00. The van der Waals surface area contributed by atoms with E-state index in [2.05, 4.69) is 11.6 Å². The van der Waals surface area contributed by atoms with Crippen molar-refractivity contribution in [2.45, 2.75) is 17.6 Å². The molecule has 2 rings (SSSR count). The van der Waals surface area contributed by atoms with Gasteiger partial charge in [0.05, 0.1) is 16.2 Å². The maximum atomic E-state index is 10.6. The first-order valence-corrected chi connectivity index (χ1v) is 6.80. The van der Waals surface area contributed by atoms with Crippen molar-refractivity contribution in [3.05, 3.63) is 33.9 Å². The summed E-state index contributed by atoms with van der Waals surface area (Å²) >= 11 is 1.83. The average Bonchev–Trinajstić information content (AvgIpc) is 3.16. The van der Waals surface area contributed by atoms with Crippen LogP contribution in [0.2, 0.25) is 0 Å². The Labute approximate surface area is 109 Å². The first kappa shape index (κ1) is 12.7. The number of hydrogen-bond acceptors (Lipinski definition) is 5. The van der Waals surface area contributed by atoms with E-state index < -0.39 is 4.92 Å². The molecule has 0 spiro atoms. The van der Waals surface area contributed by atoms with Crippen LogP contribution in [0.25, 0.3) is 0 Å². The zero-order valence-electron chi connectivity index (χ0n) is 9.97. The number of thioether (sulfide) groups is 1. The molecule has 0 unspecified atom stereocenters. The lowest BCUT2D eigenvalue weighted by Crippen LogP contribution is -2.17. The Hall–Kier alpha value is -1.74. The fraction of sp³-hybridized carbons (Fsp3) is 0.417. The third-order valence-electron chi connectivity index (χ3n) is 3.18. The maximum absolute atomic E-state index is 10.6. The number of hydrogen-bond donors (Lipinski definition) is 1. The normalized spacial score (nSPS) is 15.8. The second-order valence-corrected chi connectivity index (χ2v) is 5.61. The summed E-state index contributed by atoms with van der Waals surface area (Å²) < 4.78 is 0.286. The first-order valence-electron chi connectivity index (χ1n) is 5.58. The van der Waals surface area contributed by atoms with Crippen molar-refractivity contribution in [2.24, 2.45) is 0 Å². The van der Waals surface area contributed by atoms with Gasteiger partial charge < -0.3 is 5.32 Å². The minimum Gasteiger partial charge on any atom is -0.383 e. The summed E-state index contributed by atoms with van der Waals surface area (Å²) in [6.45, 7) is 0.792. The minimum atomic E-state index is -0.491. The van der Waals surface area contributed by atoms with E-state index in [4.69, 9.17) is 5.26 Å². The van der Waals surface area contributed by atoms with Gasteiger partial charge in [0.2, 0.25) is 0 Å². The number of nitro groups is 1. The highest BCUT2D eigenvalue weighted by Crippen LogP contribution is 2.47. The van der Waals surface area contributed by atoms with Crippen LogP contribution >= 0.6 is 11.8 Å². The van der Waals surface area contributed by atoms with Gasteiger partial charge in [-0.05, 0) is 25.2 Å². The van der Waals surface area contributed by atoms with E-state index >= 15 is 0 Å². The molecule has 0 bridgehead atoms. The molecule has 1 aliphatic rings. The van der Waals surface area contributed by atoms with Crippen LogP contribution in [0.1, 0.15) is 18.4 Å². The van der Waals surface area contributed by atoms with Crippen molar-refractivity contribution < 1.29 is 4.92 Å². The molecule has 1 N–H and O–H groups in total. The number of nitriles is 1. The molecule has 5 nitrogen and oxygen atoms in total. The van der Waals surface area contributed by atoms with E-state index in [1.807, 2.05) is 17.8 Å². The molecule has 1 saturated carbocycles. The predicted octanol–water partition coefficient (Wildman–Crippen LogP) is 2.77. The van der Waals surface area contributed by atoms with Gasteiger partial charge in [-0.25, -0.2) is 0 Å². The Kier molecular flexibility index (Phi) is 3.43. The molecule has 0 heterocycles. The summed E-state index contributed by atoms with van der Waals surface area (Å²) in [6.07, 6.45) is 4.43. The summed E-state index contributed by atoms with van der Waals surface area (Å²) in [6, 6.07) is 6.32. The fourth-order valence-electron chi connectivity index (χ4n) is 1.74. The standard InChI is InChI=1S/C12H13N3O2S/c1-18-12(4-5-12)8-14-11-3-2-10(15(16)17)6-9(11)7-13/h2-3,6,14H,4-5,8H2,1H3. The molecule has 0 aromatic heterocycles. The lowest BCUT2D eigenvalue weighted by molar-refractivity contribution is -0.384. The monoisotopic (exact) mass is 263 g/mol. The molecule has 0 atom stereocenters. The number of nitrogens with zero attached hydrogens (tertiary/aromatic N) is 2. The second-order valence-electron chi connectivity index (χ2n) is 4.34. The number of nitrogens with one attached hydrogen (secondary N) is 1. The van der Waals surface area contributed by atoms with Crippen LogP contribution in [0.5, 0.6) is 0 Å². The van der Waals surface area contributed by atoms with Gasteiger partial charge in [-0.2, -0.15) is 17.0 Å². The van der Waals surface area contributed by atoms with Crippen LogP contribution < -0.4 is 5.32 Å². The third-order valence-corrected chi connectivity index (χ3v) is 4.59. The highest BCUT2D eigenvalue weighted by Gasteiger charge is 2.41. The van der Waals surface area contributed by atoms with Crippen molar-refractivity contribution in [1.29, 1.82) is 5.26 Å². The highest BCUT2D eigenvalue weighted by atomic mass is 32.2. The van der Waals surface area contributed by atoms with E-state index in [0.717, 1.165) is 6.54 Å². The topological polar surface area (TPSA) is 79.0 Å². The van der Waals surface area contributed by atoms with Crippen molar-refractivity contribution in [1.82, 2.24) is 0 Å². The third kappa shape index (κ3) is 2.57. The van der Waals surface area contributed by atoms with Crippen LogP contribution in [0.4, 0.5) is 11.4 Å². The molecule has 18 heavy (non-hydrogen) atoms. The van der Waals surface area contributed by atoms with Crippen molar-refractivity contribution in [2.75, 3.05) is 18.1 Å². The van der Waals surface area contributed by atoms with Crippen molar-refractivity contribution >= 4 is 23.1 Å². The Morgan fingerprint density at radius 1 is 1.61 bits per heavy atom. The number of non-ortho nitro benzene ring substituents is 1. The lowest BCUT2D eigenvalue weighted by Gasteiger charge is -2.14. The van der Waals surface area contributed by atoms with Gasteiger partial charge >= 0.3 is 0 Å². The molecule has 94 valence electrons.